The molecule has 2 aromatic carbocycles. The Labute approximate surface area is 165 Å². The molecule has 0 saturated carbocycles. The molecule has 28 heavy (non-hydrogen) atoms. The summed E-state index contributed by atoms with van der Waals surface area (Å²) < 4.78 is 40.8. The van der Waals surface area contributed by atoms with E-state index in [0.29, 0.717) is 25.6 Å². The van der Waals surface area contributed by atoms with Crippen LogP contribution in [0.4, 0.5) is 4.39 Å². The van der Waals surface area contributed by atoms with E-state index in [-0.39, 0.29) is 5.82 Å². The Bertz CT molecular complexity index is 1100. The Morgan fingerprint density at radius 2 is 1.68 bits per heavy atom. The third-order valence-corrected chi connectivity index (χ3v) is 7.17. The number of fused-ring (bicyclic) bond motifs is 1. The van der Waals surface area contributed by atoms with Crippen molar-refractivity contribution >= 4 is 20.9 Å². The molecule has 6 heteroatoms. The van der Waals surface area contributed by atoms with Crippen LogP contribution in [0, 0.1) is 12.7 Å². The summed E-state index contributed by atoms with van der Waals surface area (Å²) in [7, 11) is -3.13. The smallest absolute Gasteiger partial charge is 0.211 e. The molecule has 0 radical (unpaired) electrons. The van der Waals surface area contributed by atoms with E-state index in [1.807, 2.05) is 18.2 Å². The first kappa shape index (κ1) is 19.2. The van der Waals surface area contributed by atoms with Gasteiger partial charge in [0.1, 0.15) is 5.82 Å². The van der Waals surface area contributed by atoms with Crippen molar-refractivity contribution in [2.75, 3.05) is 19.3 Å². The number of sulfonamides is 1. The summed E-state index contributed by atoms with van der Waals surface area (Å²) in [4.78, 5) is 0. The zero-order valence-electron chi connectivity index (χ0n) is 16.2. The fourth-order valence-corrected chi connectivity index (χ4v) is 5.30. The maximum atomic E-state index is 13.3. The molecule has 0 aliphatic carbocycles. The number of hydrogen-bond donors (Lipinski definition) is 0. The maximum absolute atomic E-state index is 13.3. The highest BCUT2D eigenvalue weighted by atomic mass is 32.2. The van der Waals surface area contributed by atoms with Gasteiger partial charge in [0.05, 0.1) is 6.26 Å². The molecular formula is C22H25FN2O2S. The van der Waals surface area contributed by atoms with Crippen LogP contribution in [-0.2, 0) is 16.6 Å². The summed E-state index contributed by atoms with van der Waals surface area (Å²) in [5, 5.41) is 1.24. The van der Waals surface area contributed by atoms with Gasteiger partial charge in [0.2, 0.25) is 10.0 Å². The molecule has 0 unspecified atom stereocenters. The number of rotatable bonds is 4. The van der Waals surface area contributed by atoms with Crippen molar-refractivity contribution < 1.29 is 12.8 Å². The molecule has 0 N–H and O–H groups in total. The number of hydrogen-bond acceptors (Lipinski definition) is 2. The highest BCUT2D eigenvalue weighted by Crippen LogP contribution is 2.38. The van der Waals surface area contributed by atoms with Crippen molar-refractivity contribution in [2.24, 2.45) is 0 Å². The molecule has 1 saturated heterocycles. The van der Waals surface area contributed by atoms with Crippen LogP contribution in [0.1, 0.15) is 35.6 Å². The minimum absolute atomic E-state index is 0.226. The van der Waals surface area contributed by atoms with Crippen LogP contribution in [-0.4, -0.2) is 36.6 Å². The predicted molar refractivity (Wildman–Crippen MR) is 111 cm³/mol. The molecule has 1 aliphatic rings. The number of nitrogens with zero attached hydrogens (tertiary/aromatic N) is 2. The molecule has 0 atom stereocenters. The first-order valence-corrected chi connectivity index (χ1v) is 11.5. The molecule has 1 fully saturated rings. The van der Waals surface area contributed by atoms with E-state index in [2.05, 4.69) is 29.7 Å². The minimum atomic E-state index is -3.13. The van der Waals surface area contributed by atoms with E-state index in [1.165, 1.54) is 40.5 Å². The van der Waals surface area contributed by atoms with Gasteiger partial charge >= 0.3 is 0 Å². The Kier molecular flexibility index (Phi) is 5.02. The molecule has 1 aliphatic heterocycles. The lowest BCUT2D eigenvalue weighted by molar-refractivity contribution is 0.321. The lowest BCUT2D eigenvalue weighted by Gasteiger charge is -2.30. The minimum Gasteiger partial charge on any atom is -0.340 e. The average molecular weight is 401 g/mol. The van der Waals surface area contributed by atoms with Gasteiger partial charge in [0, 0.05) is 36.2 Å². The molecule has 4 nitrogen and oxygen atoms in total. The number of aromatic nitrogens is 1. The summed E-state index contributed by atoms with van der Waals surface area (Å²) in [6.07, 6.45) is 2.95. The van der Waals surface area contributed by atoms with Gasteiger partial charge in [-0.1, -0.05) is 30.3 Å². The third-order valence-electron chi connectivity index (χ3n) is 5.86. The number of piperidine rings is 1. The summed E-state index contributed by atoms with van der Waals surface area (Å²) in [6.45, 7) is 3.97. The van der Waals surface area contributed by atoms with E-state index < -0.39 is 10.0 Å². The lowest BCUT2D eigenvalue weighted by Crippen LogP contribution is -2.37. The fraction of sp³-hybridized carbons (Fsp3) is 0.364. The van der Waals surface area contributed by atoms with Crippen molar-refractivity contribution in [3.63, 3.8) is 0 Å². The van der Waals surface area contributed by atoms with Crippen molar-refractivity contribution in [3.05, 3.63) is 71.2 Å². The second kappa shape index (κ2) is 7.33. The van der Waals surface area contributed by atoms with Gasteiger partial charge in [-0.05, 0) is 55.0 Å². The molecule has 2 heterocycles. The second-order valence-electron chi connectivity index (χ2n) is 7.67. The Balaban J connectivity index is 1.70. The second-order valence-corrected chi connectivity index (χ2v) is 9.65. The van der Waals surface area contributed by atoms with Gasteiger partial charge in [0.15, 0.2) is 0 Å². The van der Waals surface area contributed by atoms with Crippen LogP contribution in [0.5, 0.6) is 0 Å². The van der Waals surface area contributed by atoms with E-state index >= 15 is 0 Å². The third kappa shape index (κ3) is 3.59. The number of para-hydroxylation sites is 1. The predicted octanol–water partition coefficient (Wildman–Crippen LogP) is 4.28. The Morgan fingerprint density at radius 3 is 2.32 bits per heavy atom. The fourth-order valence-electron chi connectivity index (χ4n) is 4.43. The van der Waals surface area contributed by atoms with Crippen LogP contribution in [0.2, 0.25) is 0 Å². The topological polar surface area (TPSA) is 42.3 Å². The highest BCUT2D eigenvalue weighted by Gasteiger charge is 2.29. The van der Waals surface area contributed by atoms with E-state index in [1.54, 1.807) is 4.31 Å². The van der Waals surface area contributed by atoms with Crippen LogP contribution < -0.4 is 0 Å². The largest absolute Gasteiger partial charge is 0.340 e. The van der Waals surface area contributed by atoms with Crippen molar-refractivity contribution in [1.29, 1.82) is 0 Å². The van der Waals surface area contributed by atoms with Crippen LogP contribution in [0.25, 0.3) is 10.9 Å². The monoisotopic (exact) mass is 400 g/mol. The van der Waals surface area contributed by atoms with E-state index in [4.69, 9.17) is 0 Å². The molecule has 0 spiro atoms. The number of benzene rings is 2. The SMILES string of the molecule is Cc1c(C2CCN(S(C)(=O)=O)CC2)c2ccccc2n1Cc1ccc(F)cc1. The summed E-state index contributed by atoms with van der Waals surface area (Å²) in [6, 6.07) is 15.0. The Hall–Kier alpha value is -2.18. The van der Waals surface area contributed by atoms with E-state index in [9.17, 15) is 12.8 Å². The summed E-state index contributed by atoms with van der Waals surface area (Å²) in [5.41, 5.74) is 4.77. The first-order valence-electron chi connectivity index (χ1n) is 9.62. The molecule has 0 amide bonds. The molecule has 3 aromatic rings. The van der Waals surface area contributed by atoms with Crippen LogP contribution in [0.15, 0.2) is 48.5 Å². The number of halogens is 1. The standard InChI is InChI=1S/C22H25FN2O2S/c1-16-22(18-11-13-24(14-12-18)28(2,26)27)20-5-3-4-6-21(20)25(16)15-17-7-9-19(23)10-8-17/h3-10,18H,11-15H2,1-2H3. The van der Waals surface area contributed by atoms with E-state index in [0.717, 1.165) is 18.4 Å². The molecule has 4 rings (SSSR count). The van der Waals surface area contributed by atoms with Gasteiger partial charge in [-0.25, -0.2) is 17.1 Å². The maximum Gasteiger partial charge on any atom is 0.211 e. The normalized spacial score (nSPS) is 16.7. The zero-order chi connectivity index (χ0) is 19.9. The highest BCUT2D eigenvalue weighted by molar-refractivity contribution is 7.88. The van der Waals surface area contributed by atoms with Gasteiger partial charge in [-0.2, -0.15) is 0 Å². The van der Waals surface area contributed by atoms with Gasteiger partial charge in [-0.15, -0.1) is 0 Å². The quantitative estimate of drug-likeness (QED) is 0.656. The van der Waals surface area contributed by atoms with Crippen molar-refractivity contribution in [1.82, 2.24) is 8.87 Å². The Morgan fingerprint density at radius 1 is 1.04 bits per heavy atom. The average Bonchev–Trinajstić information content (AvgIpc) is 2.95. The van der Waals surface area contributed by atoms with Gasteiger partial charge < -0.3 is 4.57 Å². The van der Waals surface area contributed by atoms with Crippen molar-refractivity contribution in [2.45, 2.75) is 32.2 Å². The molecule has 0 bridgehead atoms. The van der Waals surface area contributed by atoms with Gasteiger partial charge in [-0.3, -0.25) is 0 Å². The summed E-state index contributed by atoms with van der Waals surface area (Å²) in [5.74, 6) is 0.119. The first-order chi connectivity index (χ1) is 13.3. The lowest BCUT2D eigenvalue weighted by atomic mass is 9.88. The molecule has 148 valence electrons. The molecule has 1 aromatic heterocycles. The summed E-state index contributed by atoms with van der Waals surface area (Å²) >= 11 is 0. The van der Waals surface area contributed by atoms with Gasteiger partial charge in [0.25, 0.3) is 0 Å². The van der Waals surface area contributed by atoms with Crippen LogP contribution >= 0.6 is 0 Å². The molecular weight excluding hydrogens is 375 g/mol. The van der Waals surface area contributed by atoms with Crippen LogP contribution in [0.3, 0.4) is 0 Å². The van der Waals surface area contributed by atoms with Crippen molar-refractivity contribution in [3.8, 4) is 0 Å². The zero-order valence-corrected chi connectivity index (χ0v) is 17.0.